The highest BCUT2D eigenvalue weighted by Crippen LogP contribution is 2.31. The molecule has 3 aliphatic rings. The summed E-state index contributed by atoms with van der Waals surface area (Å²) in [5.41, 5.74) is 0. The monoisotopic (exact) mass is 250 g/mol. The first-order valence-electron chi connectivity index (χ1n) is 6.89. The zero-order valence-corrected chi connectivity index (χ0v) is 11.2. The maximum atomic E-state index is 3.64. The molecular weight excluding hydrogens is 228 g/mol. The quantitative estimate of drug-likeness (QED) is 0.807. The molecule has 1 unspecified atom stereocenters. The molecule has 0 aliphatic carbocycles. The Morgan fingerprint density at radius 2 is 2.24 bits per heavy atom. The van der Waals surface area contributed by atoms with Gasteiger partial charge in [0.2, 0.25) is 0 Å². The Morgan fingerprint density at radius 1 is 1.35 bits per heavy atom. The molecule has 0 radical (unpaired) electrons. The molecule has 3 heteroatoms. The van der Waals surface area contributed by atoms with E-state index in [0.29, 0.717) is 0 Å². The Balaban J connectivity index is 1.37. The third-order valence-corrected chi connectivity index (χ3v) is 5.22. The van der Waals surface area contributed by atoms with Crippen LogP contribution in [0.15, 0.2) is 17.5 Å². The van der Waals surface area contributed by atoms with Gasteiger partial charge in [0.15, 0.2) is 0 Å². The van der Waals surface area contributed by atoms with E-state index in [1.165, 1.54) is 50.2 Å². The lowest BCUT2D eigenvalue weighted by Crippen LogP contribution is -2.52. The summed E-state index contributed by atoms with van der Waals surface area (Å²) in [6.45, 7) is 5.03. The van der Waals surface area contributed by atoms with E-state index in [1.807, 2.05) is 11.3 Å². The Hall–Kier alpha value is -0.380. The smallest absolute Gasteiger partial charge is 0.0223 e. The average molecular weight is 250 g/mol. The number of thiophene rings is 1. The van der Waals surface area contributed by atoms with Gasteiger partial charge in [0.05, 0.1) is 0 Å². The minimum atomic E-state index is 0.825. The molecular formula is C14H22N2S. The molecule has 1 aromatic rings. The van der Waals surface area contributed by atoms with Crippen LogP contribution >= 0.6 is 11.3 Å². The van der Waals surface area contributed by atoms with Crippen molar-refractivity contribution in [1.82, 2.24) is 10.2 Å². The molecule has 4 rings (SSSR count). The van der Waals surface area contributed by atoms with Crippen molar-refractivity contribution in [2.75, 3.05) is 26.2 Å². The molecule has 3 aliphatic heterocycles. The van der Waals surface area contributed by atoms with Gasteiger partial charge in [0.25, 0.3) is 0 Å². The predicted octanol–water partition coefficient (Wildman–Crippen LogP) is 2.36. The summed E-state index contributed by atoms with van der Waals surface area (Å²) in [4.78, 5) is 4.20. The SMILES string of the molecule is c1csc(CCNCC2CC3CCN2CC3)c1. The molecule has 3 saturated heterocycles. The third kappa shape index (κ3) is 2.90. The minimum Gasteiger partial charge on any atom is -0.315 e. The molecule has 94 valence electrons. The van der Waals surface area contributed by atoms with Gasteiger partial charge in [-0.05, 0) is 56.1 Å². The fourth-order valence-corrected chi connectivity index (χ4v) is 3.94. The Labute approximate surface area is 108 Å². The second-order valence-electron chi connectivity index (χ2n) is 5.40. The summed E-state index contributed by atoms with van der Waals surface area (Å²) in [6, 6.07) is 5.20. The fourth-order valence-electron chi connectivity index (χ4n) is 3.24. The molecule has 17 heavy (non-hydrogen) atoms. The van der Waals surface area contributed by atoms with E-state index in [0.717, 1.165) is 18.5 Å². The first kappa shape index (κ1) is 11.7. The van der Waals surface area contributed by atoms with Gasteiger partial charge in [-0.15, -0.1) is 11.3 Å². The van der Waals surface area contributed by atoms with Crippen LogP contribution in [0.5, 0.6) is 0 Å². The first-order valence-corrected chi connectivity index (χ1v) is 7.77. The maximum absolute atomic E-state index is 3.64. The summed E-state index contributed by atoms with van der Waals surface area (Å²) in [7, 11) is 0. The topological polar surface area (TPSA) is 15.3 Å². The number of piperidine rings is 3. The van der Waals surface area contributed by atoms with Crippen LogP contribution < -0.4 is 5.32 Å². The van der Waals surface area contributed by atoms with Gasteiger partial charge in [-0.3, -0.25) is 4.90 Å². The molecule has 2 nitrogen and oxygen atoms in total. The zero-order valence-electron chi connectivity index (χ0n) is 10.4. The molecule has 1 aromatic heterocycles. The third-order valence-electron chi connectivity index (χ3n) is 4.28. The second kappa shape index (κ2) is 5.51. The second-order valence-corrected chi connectivity index (χ2v) is 6.43. The summed E-state index contributed by atoms with van der Waals surface area (Å²) in [5.74, 6) is 1.03. The van der Waals surface area contributed by atoms with Crippen LogP contribution in [0.1, 0.15) is 24.1 Å². The Morgan fingerprint density at radius 3 is 2.88 bits per heavy atom. The number of nitrogens with zero attached hydrogens (tertiary/aromatic N) is 1. The van der Waals surface area contributed by atoms with E-state index < -0.39 is 0 Å². The highest BCUT2D eigenvalue weighted by Gasteiger charge is 2.32. The van der Waals surface area contributed by atoms with Crippen LogP contribution in [-0.4, -0.2) is 37.1 Å². The van der Waals surface area contributed by atoms with Crippen LogP contribution in [0.2, 0.25) is 0 Å². The standard InChI is InChI=1S/C14H22N2S/c1-2-14(17-9-1)3-6-15-11-13-10-12-4-7-16(13)8-5-12/h1-2,9,12-13,15H,3-8,10-11H2. The van der Waals surface area contributed by atoms with E-state index in [4.69, 9.17) is 0 Å². The predicted molar refractivity (Wildman–Crippen MR) is 73.6 cm³/mol. The van der Waals surface area contributed by atoms with Gasteiger partial charge in [0.1, 0.15) is 0 Å². The van der Waals surface area contributed by atoms with Crippen LogP contribution in [0.25, 0.3) is 0 Å². The summed E-state index contributed by atoms with van der Waals surface area (Å²) in [5, 5.41) is 5.81. The highest BCUT2D eigenvalue weighted by molar-refractivity contribution is 7.09. The van der Waals surface area contributed by atoms with Gasteiger partial charge < -0.3 is 5.32 Å². The van der Waals surface area contributed by atoms with Crippen LogP contribution in [0.4, 0.5) is 0 Å². The lowest BCUT2D eigenvalue weighted by molar-refractivity contribution is 0.0498. The number of nitrogens with one attached hydrogen (secondary N) is 1. The largest absolute Gasteiger partial charge is 0.315 e. The van der Waals surface area contributed by atoms with Crippen molar-refractivity contribution in [2.24, 2.45) is 5.92 Å². The van der Waals surface area contributed by atoms with E-state index in [2.05, 4.69) is 27.7 Å². The first-order chi connectivity index (χ1) is 8.42. The maximum Gasteiger partial charge on any atom is 0.0223 e. The number of hydrogen-bond donors (Lipinski definition) is 1. The number of hydrogen-bond acceptors (Lipinski definition) is 3. The summed E-state index contributed by atoms with van der Waals surface area (Å²) < 4.78 is 0. The molecule has 3 fully saturated rings. The molecule has 2 bridgehead atoms. The molecule has 0 aromatic carbocycles. The van der Waals surface area contributed by atoms with Crippen molar-refractivity contribution in [3.8, 4) is 0 Å². The van der Waals surface area contributed by atoms with Crippen LogP contribution in [-0.2, 0) is 6.42 Å². The van der Waals surface area contributed by atoms with Crippen molar-refractivity contribution < 1.29 is 0 Å². The van der Waals surface area contributed by atoms with Crippen LogP contribution in [0, 0.1) is 5.92 Å². The summed E-state index contributed by atoms with van der Waals surface area (Å²) >= 11 is 1.87. The van der Waals surface area contributed by atoms with E-state index in [-0.39, 0.29) is 0 Å². The molecule has 0 saturated carbocycles. The van der Waals surface area contributed by atoms with E-state index in [1.54, 1.807) is 0 Å². The lowest BCUT2D eigenvalue weighted by atomic mass is 9.83. The van der Waals surface area contributed by atoms with Crippen molar-refractivity contribution in [3.05, 3.63) is 22.4 Å². The fraction of sp³-hybridized carbons (Fsp3) is 0.714. The van der Waals surface area contributed by atoms with Gasteiger partial charge >= 0.3 is 0 Å². The minimum absolute atomic E-state index is 0.825. The van der Waals surface area contributed by atoms with Gasteiger partial charge in [-0.25, -0.2) is 0 Å². The highest BCUT2D eigenvalue weighted by atomic mass is 32.1. The van der Waals surface area contributed by atoms with Crippen molar-refractivity contribution in [3.63, 3.8) is 0 Å². The lowest BCUT2D eigenvalue weighted by Gasteiger charge is -2.45. The average Bonchev–Trinajstić information content (AvgIpc) is 2.89. The summed E-state index contributed by atoms with van der Waals surface area (Å²) in [6.07, 6.45) is 5.53. The number of fused-ring (bicyclic) bond motifs is 3. The van der Waals surface area contributed by atoms with Crippen molar-refractivity contribution in [1.29, 1.82) is 0 Å². The van der Waals surface area contributed by atoms with Crippen molar-refractivity contribution in [2.45, 2.75) is 31.7 Å². The Kier molecular flexibility index (Phi) is 3.79. The van der Waals surface area contributed by atoms with Crippen LogP contribution in [0.3, 0.4) is 0 Å². The van der Waals surface area contributed by atoms with E-state index >= 15 is 0 Å². The molecule has 1 atom stereocenters. The number of rotatable bonds is 5. The Bertz CT molecular complexity index is 328. The van der Waals surface area contributed by atoms with Crippen molar-refractivity contribution >= 4 is 11.3 Å². The molecule has 4 heterocycles. The van der Waals surface area contributed by atoms with Gasteiger partial charge in [-0.1, -0.05) is 6.07 Å². The van der Waals surface area contributed by atoms with Gasteiger partial charge in [-0.2, -0.15) is 0 Å². The molecule has 1 N–H and O–H groups in total. The van der Waals surface area contributed by atoms with E-state index in [9.17, 15) is 0 Å². The normalized spacial score (nSPS) is 31.9. The molecule has 0 spiro atoms. The zero-order chi connectivity index (χ0) is 11.5. The molecule has 0 amide bonds. The van der Waals surface area contributed by atoms with Gasteiger partial charge in [0, 0.05) is 24.0 Å².